The molecule has 1 N–H and O–H groups in total. The molecular weight excluding hydrogens is 486 g/mol. The Morgan fingerprint density at radius 3 is 2.38 bits per heavy atom. The molecule has 0 atom stereocenters. The van der Waals surface area contributed by atoms with Gasteiger partial charge in [-0.1, -0.05) is 12.1 Å². The van der Waals surface area contributed by atoms with Gasteiger partial charge in [0, 0.05) is 24.4 Å². The van der Waals surface area contributed by atoms with E-state index < -0.39 is 15.8 Å². The Hall–Kier alpha value is -5.46. The number of nitrogens with zero attached hydrogens (tertiary/aromatic N) is 4. The van der Waals surface area contributed by atoms with Crippen LogP contribution in [0.1, 0.15) is 10.5 Å². The summed E-state index contributed by atoms with van der Waals surface area (Å²) in [7, 11) is 1.52. The molecule has 1 heterocycles. The molecule has 4 rings (SSSR count). The molecule has 13 heteroatoms. The summed E-state index contributed by atoms with van der Waals surface area (Å²) < 4.78 is 17.5. The molecule has 0 aliphatic heterocycles. The van der Waals surface area contributed by atoms with Crippen LogP contribution < -0.4 is 19.5 Å². The van der Waals surface area contributed by atoms with Gasteiger partial charge in [0.1, 0.15) is 17.2 Å². The molecule has 0 aliphatic carbocycles. The third kappa shape index (κ3) is 6.16. The van der Waals surface area contributed by atoms with Gasteiger partial charge in [0.2, 0.25) is 0 Å². The molecule has 1 aromatic heterocycles. The van der Waals surface area contributed by atoms with E-state index in [1.54, 1.807) is 30.3 Å². The van der Waals surface area contributed by atoms with Crippen molar-refractivity contribution in [3.63, 3.8) is 0 Å². The van der Waals surface area contributed by atoms with Gasteiger partial charge in [-0.05, 0) is 36.4 Å². The third-order valence-corrected chi connectivity index (χ3v) is 4.94. The zero-order valence-corrected chi connectivity index (χ0v) is 19.3. The van der Waals surface area contributed by atoms with Crippen molar-refractivity contribution in [1.29, 1.82) is 0 Å². The summed E-state index contributed by atoms with van der Waals surface area (Å²) in [4.78, 5) is 34.1. The lowest BCUT2D eigenvalue weighted by atomic mass is 10.2. The maximum absolute atomic E-state index is 12.7. The lowest BCUT2D eigenvalue weighted by Crippen LogP contribution is -2.14. The average Bonchev–Trinajstić information content (AvgIpc) is 3.37. The zero-order chi connectivity index (χ0) is 26.4. The average molecular weight is 505 g/mol. The molecule has 0 spiro atoms. The van der Waals surface area contributed by atoms with E-state index in [0.717, 1.165) is 0 Å². The van der Waals surface area contributed by atoms with Crippen molar-refractivity contribution in [3.8, 4) is 23.0 Å². The van der Waals surface area contributed by atoms with Gasteiger partial charge in [-0.15, -0.1) is 0 Å². The van der Waals surface area contributed by atoms with Gasteiger partial charge < -0.3 is 19.5 Å². The summed E-state index contributed by atoms with van der Waals surface area (Å²) in [5, 5.41) is 29.2. The first-order chi connectivity index (χ1) is 17.8. The maximum Gasteiger partial charge on any atom is 0.311 e. The highest BCUT2D eigenvalue weighted by atomic mass is 16.6. The van der Waals surface area contributed by atoms with E-state index in [1.165, 1.54) is 60.5 Å². The molecule has 0 saturated heterocycles. The molecule has 1 amide bonds. The number of para-hydroxylation sites is 2. The van der Waals surface area contributed by atoms with Crippen molar-refractivity contribution in [2.24, 2.45) is 0 Å². The van der Waals surface area contributed by atoms with Crippen molar-refractivity contribution < 1.29 is 28.9 Å². The number of rotatable bonds is 10. The number of nitro benzene ring substituents is 2. The minimum absolute atomic E-state index is 0.00436. The molecule has 0 radical (unpaired) electrons. The van der Waals surface area contributed by atoms with Crippen molar-refractivity contribution >= 4 is 23.0 Å². The van der Waals surface area contributed by atoms with Crippen LogP contribution in [-0.2, 0) is 6.73 Å². The number of non-ortho nitro benzene ring substituents is 1. The van der Waals surface area contributed by atoms with Gasteiger partial charge in [-0.3, -0.25) is 25.0 Å². The van der Waals surface area contributed by atoms with E-state index in [4.69, 9.17) is 14.2 Å². The van der Waals surface area contributed by atoms with Gasteiger partial charge in [0.25, 0.3) is 11.6 Å². The summed E-state index contributed by atoms with van der Waals surface area (Å²) in [6.45, 7) is -0.186. The summed E-state index contributed by atoms with van der Waals surface area (Å²) in [6, 6.07) is 17.7. The molecule has 37 heavy (non-hydrogen) atoms. The lowest BCUT2D eigenvalue weighted by molar-refractivity contribution is -0.386. The van der Waals surface area contributed by atoms with Gasteiger partial charge in [-0.25, -0.2) is 4.68 Å². The Bertz CT molecular complexity index is 1450. The summed E-state index contributed by atoms with van der Waals surface area (Å²) in [5.41, 5.74) is -0.376. The van der Waals surface area contributed by atoms with Crippen LogP contribution in [-0.4, -0.2) is 32.6 Å². The number of nitro groups is 2. The number of benzene rings is 3. The SMILES string of the molecule is COc1ccc(Oc2cc(NC(=O)c3ccn(COc4ccccc4[N+](=O)[O-])n3)cc([N+](=O)[O-])c2)cc1. The van der Waals surface area contributed by atoms with Crippen molar-refractivity contribution in [1.82, 2.24) is 9.78 Å². The molecule has 0 unspecified atom stereocenters. The number of ether oxygens (including phenoxy) is 3. The normalized spacial score (nSPS) is 10.4. The van der Waals surface area contributed by atoms with Crippen LogP contribution in [0, 0.1) is 20.2 Å². The Morgan fingerprint density at radius 1 is 0.946 bits per heavy atom. The molecule has 4 aromatic rings. The van der Waals surface area contributed by atoms with E-state index in [0.29, 0.717) is 11.5 Å². The number of amides is 1. The van der Waals surface area contributed by atoms with Gasteiger partial charge in [0.05, 0.1) is 28.7 Å². The number of anilines is 1. The van der Waals surface area contributed by atoms with E-state index in [2.05, 4.69) is 10.4 Å². The number of carbonyl (C=O) groups is 1. The number of aromatic nitrogens is 2. The fourth-order valence-electron chi connectivity index (χ4n) is 3.22. The monoisotopic (exact) mass is 505 g/mol. The predicted octanol–water partition coefficient (Wildman–Crippen LogP) is 4.79. The summed E-state index contributed by atoms with van der Waals surface area (Å²) in [5.74, 6) is 0.579. The van der Waals surface area contributed by atoms with E-state index in [-0.39, 0.29) is 41.0 Å². The predicted molar refractivity (Wildman–Crippen MR) is 130 cm³/mol. The van der Waals surface area contributed by atoms with Crippen LogP contribution in [0.2, 0.25) is 0 Å². The number of carbonyl (C=O) groups excluding carboxylic acids is 1. The van der Waals surface area contributed by atoms with Crippen molar-refractivity contribution in [2.75, 3.05) is 12.4 Å². The second-order valence-corrected chi connectivity index (χ2v) is 7.44. The highest BCUT2D eigenvalue weighted by Gasteiger charge is 2.17. The zero-order valence-electron chi connectivity index (χ0n) is 19.3. The molecular formula is C24H19N5O8. The van der Waals surface area contributed by atoms with E-state index in [1.807, 2.05) is 0 Å². The minimum Gasteiger partial charge on any atom is -0.497 e. The second-order valence-electron chi connectivity index (χ2n) is 7.44. The highest BCUT2D eigenvalue weighted by Crippen LogP contribution is 2.31. The first-order valence-corrected chi connectivity index (χ1v) is 10.6. The molecule has 13 nitrogen and oxygen atoms in total. The Balaban J connectivity index is 1.46. The molecule has 0 fully saturated rings. The van der Waals surface area contributed by atoms with Gasteiger partial charge in [0.15, 0.2) is 18.2 Å². The largest absolute Gasteiger partial charge is 0.497 e. The van der Waals surface area contributed by atoms with Crippen LogP contribution in [0.15, 0.2) is 79.0 Å². The molecule has 0 bridgehead atoms. The fourth-order valence-corrected chi connectivity index (χ4v) is 3.22. The topological polar surface area (TPSA) is 161 Å². The molecule has 188 valence electrons. The maximum atomic E-state index is 12.7. The number of nitrogens with one attached hydrogen (secondary N) is 1. The van der Waals surface area contributed by atoms with Crippen molar-refractivity contribution in [3.05, 3.63) is 105 Å². The van der Waals surface area contributed by atoms with Crippen LogP contribution in [0.3, 0.4) is 0 Å². The van der Waals surface area contributed by atoms with E-state index in [9.17, 15) is 25.0 Å². The summed E-state index contributed by atoms with van der Waals surface area (Å²) in [6.07, 6.45) is 1.45. The first kappa shape index (κ1) is 24.7. The van der Waals surface area contributed by atoms with Crippen molar-refractivity contribution in [2.45, 2.75) is 6.73 Å². The van der Waals surface area contributed by atoms with Gasteiger partial charge in [-0.2, -0.15) is 5.10 Å². The third-order valence-electron chi connectivity index (χ3n) is 4.94. The fraction of sp³-hybridized carbons (Fsp3) is 0.0833. The lowest BCUT2D eigenvalue weighted by Gasteiger charge is -2.09. The smallest absolute Gasteiger partial charge is 0.311 e. The Morgan fingerprint density at radius 2 is 1.68 bits per heavy atom. The quantitative estimate of drug-likeness (QED) is 0.236. The Labute approximate surface area is 209 Å². The molecule has 0 saturated carbocycles. The minimum atomic E-state index is -0.639. The number of hydrogen-bond acceptors (Lipinski definition) is 9. The van der Waals surface area contributed by atoms with Crippen LogP contribution in [0.25, 0.3) is 0 Å². The van der Waals surface area contributed by atoms with Crippen LogP contribution in [0.4, 0.5) is 17.1 Å². The number of methoxy groups -OCH3 is 1. The first-order valence-electron chi connectivity index (χ1n) is 10.6. The molecule has 3 aromatic carbocycles. The van der Waals surface area contributed by atoms with Crippen LogP contribution >= 0.6 is 0 Å². The molecule has 0 aliphatic rings. The van der Waals surface area contributed by atoms with Crippen LogP contribution in [0.5, 0.6) is 23.0 Å². The Kier molecular flexibility index (Phi) is 7.24. The standard InChI is InChI=1S/C24H19N5O8/c1-35-18-6-8-19(9-7-18)37-20-13-16(12-17(14-20)28(31)32)25-24(30)21-10-11-27(26-21)15-36-23-5-3-2-4-22(23)29(33)34/h2-14H,15H2,1H3,(H,25,30). The second kappa shape index (κ2) is 10.9. The van der Waals surface area contributed by atoms with Gasteiger partial charge >= 0.3 is 5.69 Å². The summed E-state index contributed by atoms with van der Waals surface area (Å²) >= 11 is 0. The number of hydrogen-bond donors (Lipinski definition) is 1. The van der Waals surface area contributed by atoms with E-state index >= 15 is 0 Å². The highest BCUT2D eigenvalue weighted by molar-refractivity contribution is 6.03.